The van der Waals surface area contributed by atoms with Gasteiger partial charge < -0.3 is 8.83 Å². The number of pyridine rings is 1. The molecule has 0 atom stereocenters. The van der Waals surface area contributed by atoms with Crippen molar-refractivity contribution in [1.82, 2.24) is 0 Å². The van der Waals surface area contributed by atoms with Crippen LogP contribution in [-0.4, -0.2) is 0 Å². The van der Waals surface area contributed by atoms with Crippen molar-refractivity contribution in [3.05, 3.63) is 107 Å². The summed E-state index contributed by atoms with van der Waals surface area (Å²) < 4.78 is 69.6. The monoisotopic (exact) mass is 502 g/mol. The quantitative estimate of drug-likeness (QED) is 0.175. The van der Waals surface area contributed by atoms with E-state index in [1.165, 1.54) is 11.6 Å². The fraction of sp³-hybridized carbons (Fsp3) is 0.0909. The smallest absolute Gasteiger partial charge is 0.219 e. The molecule has 38 heavy (non-hydrogen) atoms. The lowest BCUT2D eigenvalue weighted by molar-refractivity contribution is -0.661. The highest BCUT2D eigenvalue weighted by molar-refractivity contribution is 6.18. The number of halogens is 1. The van der Waals surface area contributed by atoms with Gasteiger partial charge in [0.15, 0.2) is 11.9 Å². The van der Waals surface area contributed by atoms with E-state index >= 15 is 4.39 Å². The first-order valence-corrected chi connectivity index (χ1v) is 12.0. The van der Waals surface area contributed by atoms with Crippen molar-refractivity contribution in [3.8, 4) is 22.4 Å². The van der Waals surface area contributed by atoms with Crippen LogP contribution in [0.4, 0.5) is 10.1 Å². The minimum absolute atomic E-state index is 0.00673. The van der Waals surface area contributed by atoms with E-state index in [-0.39, 0.29) is 5.69 Å². The Labute approximate surface area is 225 Å². The predicted octanol–water partition coefficient (Wildman–Crippen LogP) is 8.95. The maximum atomic E-state index is 15.5. The van der Waals surface area contributed by atoms with Crippen LogP contribution in [-0.2, 0) is 7.05 Å². The van der Waals surface area contributed by atoms with Crippen LogP contribution < -0.4 is 4.57 Å². The SMILES string of the molecule is [2H]c1c(F)c(C([2H])([2H])[2H])c([2H])[n+](C)c1-c1c(C)ccc2c1oc1c(-c3ccc4c(c3)oc3ccccc34)ccc([N+]#[C-])c12. The summed E-state index contributed by atoms with van der Waals surface area (Å²) in [5.74, 6) is -1.27. The molecular weight excluding hydrogens is 475 g/mol. The number of nitrogens with zero attached hydrogens (tertiary/aromatic N) is 2. The summed E-state index contributed by atoms with van der Waals surface area (Å²) in [6, 6.07) is 20.2. The van der Waals surface area contributed by atoms with Crippen LogP contribution in [0.5, 0.6) is 0 Å². The van der Waals surface area contributed by atoms with Crippen LogP contribution >= 0.6 is 0 Å². The molecule has 182 valence electrons. The van der Waals surface area contributed by atoms with E-state index < -0.39 is 30.4 Å². The number of hydrogen-bond acceptors (Lipinski definition) is 2. The summed E-state index contributed by atoms with van der Waals surface area (Å²) in [6.45, 7) is 6.72. The maximum absolute atomic E-state index is 15.5. The Kier molecular flexibility index (Phi) is 3.70. The molecule has 0 saturated carbocycles. The average molecular weight is 503 g/mol. The van der Waals surface area contributed by atoms with E-state index in [0.29, 0.717) is 49.9 Å². The zero-order valence-corrected chi connectivity index (χ0v) is 20.4. The molecule has 0 saturated heterocycles. The second-order valence-electron chi connectivity index (χ2n) is 9.33. The fourth-order valence-corrected chi connectivity index (χ4v) is 5.29. The number of aryl methyl sites for hydroxylation is 1. The molecule has 4 nitrogen and oxygen atoms in total. The highest BCUT2D eigenvalue weighted by Gasteiger charge is 2.24. The number of fused-ring (bicyclic) bond motifs is 6. The van der Waals surface area contributed by atoms with E-state index in [0.717, 1.165) is 21.9 Å². The van der Waals surface area contributed by atoms with Gasteiger partial charge in [-0.15, -0.1) is 0 Å². The lowest BCUT2D eigenvalue weighted by Gasteiger charge is -2.06. The van der Waals surface area contributed by atoms with E-state index in [9.17, 15) is 0 Å². The fourth-order valence-electron chi connectivity index (χ4n) is 5.29. The molecule has 4 aromatic carbocycles. The summed E-state index contributed by atoms with van der Waals surface area (Å²) in [5.41, 5.74) is 4.27. The van der Waals surface area contributed by atoms with Gasteiger partial charge in [0.1, 0.15) is 36.6 Å². The van der Waals surface area contributed by atoms with Gasteiger partial charge in [0, 0.05) is 42.8 Å². The highest BCUT2D eigenvalue weighted by atomic mass is 19.1. The molecule has 0 bridgehead atoms. The Hall–Kier alpha value is -4.95. The predicted molar refractivity (Wildman–Crippen MR) is 149 cm³/mol. The van der Waals surface area contributed by atoms with Crippen molar-refractivity contribution in [2.75, 3.05) is 0 Å². The van der Waals surface area contributed by atoms with Gasteiger partial charge in [-0.3, -0.25) is 0 Å². The number of benzene rings is 4. The van der Waals surface area contributed by atoms with Crippen molar-refractivity contribution in [2.45, 2.75) is 13.8 Å². The molecule has 0 aliphatic heterocycles. The second-order valence-corrected chi connectivity index (χ2v) is 9.33. The van der Waals surface area contributed by atoms with Crippen molar-refractivity contribution in [3.63, 3.8) is 0 Å². The first-order chi connectivity index (χ1) is 20.5. The van der Waals surface area contributed by atoms with E-state index in [2.05, 4.69) is 4.85 Å². The molecular formula is C33H22FN2O2+. The summed E-state index contributed by atoms with van der Waals surface area (Å²) in [5, 5.41) is 3.12. The molecule has 3 heterocycles. The largest absolute Gasteiger partial charge is 0.456 e. The van der Waals surface area contributed by atoms with Crippen LogP contribution in [0.15, 0.2) is 87.8 Å². The van der Waals surface area contributed by atoms with Crippen LogP contribution in [0.3, 0.4) is 0 Å². The maximum Gasteiger partial charge on any atom is 0.219 e. The summed E-state index contributed by atoms with van der Waals surface area (Å²) in [7, 11) is 1.43. The van der Waals surface area contributed by atoms with E-state index in [4.69, 9.17) is 22.3 Å². The number of para-hydroxylation sites is 1. The zero-order chi connectivity index (χ0) is 30.4. The number of hydrogen-bond donors (Lipinski definition) is 0. The first kappa shape index (κ1) is 17.5. The zero-order valence-electron chi connectivity index (χ0n) is 25.4. The Morgan fingerprint density at radius 1 is 0.921 bits per heavy atom. The van der Waals surface area contributed by atoms with E-state index in [1.54, 1.807) is 19.1 Å². The Morgan fingerprint density at radius 2 is 1.74 bits per heavy atom. The van der Waals surface area contributed by atoms with Gasteiger partial charge in [0.05, 0.1) is 13.5 Å². The van der Waals surface area contributed by atoms with Gasteiger partial charge >= 0.3 is 0 Å². The molecule has 0 fully saturated rings. The number of furan rings is 2. The van der Waals surface area contributed by atoms with Gasteiger partial charge in [0.2, 0.25) is 5.69 Å². The van der Waals surface area contributed by atoms with Crippen LogP contribution in [0.1, 0.15) is 18.0 Å². The van der Waals surface area contributed by atoms with Gasteiger partial charge in [-0.25, -0.2) is 13.8 Å². The van der Waals surface area contributed by atoms with Crippen molar-refractivity contribution in [2.24, 2.45) is 7.05 Å². The van der Waals surface area contributed by atoms with Gasteiger partial charge in [-0.1, -0.05) is 48.5 Å². The molecule has 7 aromatic rings. The molecule has 0 spiro atoms. The summed E-state index contributed by atoms with van der Waals surface area (Å²) in [4.78, 5) is 3.74. The lowest BCUT2D eigenvalue weighted by atomic mass is 9.97. The Balaban J connectivity index is 1.55. The topological polar surface area (TPSA) is 34.5 Å². The summed E-state index contributed by atoms with van der Waals surface area (Å²) in [6.07, 6.45) is -0.558. The minimum Gasteiger partial charge on any atom is -0.456 e. The molecule has 3 aromatic heterocycles. The van der Waals surface area contributed by atoms with Crippen LogP contribution in [0.2, 0.25) is 0 Å². The lowest BCUT2D eigenvalue weighted by Crippen LogP contribution is -2.31. The molecule has 0 amide bonds. The molecule has 0 N–H and O–H groups in total. The summed E-state index contributed by atoms with van der Waals surface area (Å²) >= 11 is 0. The van der Waals surface area contributed by atoms with Gasteiger partial charge in [0.25, 0.3) is 0 Å². The first-order valence-electron chi connectivity index (χ1n) is 14.5. The molecule has 7 rings (SSSR count). The normalized spacial score (nSPS) is 13.9. The third kappa shape index (κ3) is 3.10. The number of aromatic nitrogens is 1. The van der Waals surface area contributed by atoms with Crippen molar-refractivity contribution >= 4 is 49.6 Å². The van der Waals surface area contributed by atoms with Crippen LogP contribution in [0, 0.1) is 26.2 Å². The second kappa shape index (κ2) is 8.03. The average Bonchev–Trinajstić information content (AvgIpc) is 3.54. The molecule has 0 unspecified atom stereocenters. The third-order valence-electron chi connectivity index (χ3n) is 7.08. The molecule has 5 heteroatoms. The highest BCUT2D eigenvalue weighted by Crippen LogP contribution is 2.45. The Morgan fingerprint density at radius 3 is 2.58 bits per heavy atom. The minimum atomic E-state index is -2.91. The molecule has 0 radical (unpaired) electrons. The van der Waals surface area contributed by atoms with E-state index in [1.807, 2.05) is 54.6 Å². The van der Waals surface area contributed by atoms with Crippen LogP contribution in [0.25, 0.3) is 71.1 Å². The van der Waals surface area contributed by atoms with Crippen molar-refractivity contribution < 1.29 is 24.6 Å². The molecule has 0 aliphatic carbocycles. The van der Waals surface area contributed by atoms with Gasteiger partial charge in [-0.2, -0.15) is 0 Å². The Bertz CT molecular complexity index is 2330. The number of rotatable bonds is 2. The standard InChI is InChI=1S/C33H22FN2O2/c1-18-9-11-24-31-26(35-3)14-13-21(20-10-12-23-22-7-5-6-8-28(22)37-29(23)15-20)32(31)38-33(24)30(18)27-16-25(34)19(2)17-36(27)4/h5-17H,1-2,4H3/q+1/i2D3,16D,17D. The van der Waals surface area contributed by atoms with Gasteiger partial charge in [-0.05, 0) is 43.1 Å². The van der Waals surface area contributed by atoms with Crippen molar-refractivity contribution in [1.29, 1.82) is 0 Å². The third-order valence-corrected chi connectivity index (χ3v) is 7.08. The molecule has 0 aliphatic rings.